The van der Waals surface area contributed by atoms with E-state index < -0.39 is 0 Å². The maximum absolute atomic E-state index is 13.6. The first-order chi connectivity index (χ1) is 18.2. The van der Waals surface area contributed by atoms with Gasteiger partial charge in [0.15, 0.2) is 0 Å². The van der Waals surface area contributed by atoms with Gasteiger partial charge in [0.05, 0.1) is 13.2 Å². The molecule has 0 atom stereocenters. The molecular weight excluding hydrogens is 460 g/mol. The SMILES string of the molecule is CCCCc1ccc(C(=O)N(CCCN2CCOCC2)Cc2ccc(OCc3ccccc3)cc2)cc1. The van der Waals surface area contributed by atoms with E-state index in [2.05, 4.69) is 48.2 Å². The van der Waals surface area contributed by atoms with Gasteiger partial charge in [0.1, 0.15) is 12.4 Å². The third kappa shape index (κ3) is 8.73. The Balaban J connectivity index is 1.38. The van der Waals surface area contributed by atoms with Crippen LogP contribution >= 0.6 is 0 Å². The number of unbranched alkanes of at least 4 members (excludes halogenated alkanes) is 1. The lowest BCUT2D eigenvalue weighted by molar-refractivity contribution is 0.0355. The molecule has 1 saturated heterocycles. The highest BCUT2D eigenvalue weighted by atomic mass is 16.5. The lowest BCUT2D eigenvalue weighted by atomic mass is 10.1. The fourth-order valence-electron chi connectivity index (χ4n) is 4.59. The van der Waals surface area contributed by atoms with Gasteiger partial charge in [-0.1, -0.05) is 67.9 Å². The lowest BCUT2D eigenvalue weighted by Crippen LogP contribution is -2.39. The summed E-state index contributed by atoms with van der Waals surface area (Å²) in [6, 6.07) is 26.5. The van der Waals surface area contributed by atoms with Gasteiger partial charge in [0.2, 0.25) is 0 Å². The third-order valence-electron chi connectivity index (χ3n) is 6.86. The zero-order valence-electron chi connectivity index (χ0n) is 22.1. The first kappa shape index (κ1) is 26.9. The van der Waals surface area contributed by atoms with Crippen molar-refractivity contribution in [2.24, 2.45) is 0 Å². The minimum Gasteiger partial charge on any atom is -0.489 e. The number of aryl methyl sites for hydroxylation is 1. The Morgan fingerprint density at radius 2 is 1.57 bits per heavy atom. The van der Waals surface area contributed by atoms with Crippen LogP contribution in [0.3, 0.4) is 0 Å². The molecule has 5 nitrogen and oxygen atoms in total. The Kier molecular flexibility index (Phi) is 10.6. The highest BCUT2D eigenvalue weighted by molar-refractivity contribution is 5.94. The molecule has 0 unspecified atom stereocenters. The molecule has 1 heterocycles. The first-order valence-corrected chi connectivity index (χ1v) is 13.7. The summed E-state index contributed by atoms with van der Waals surface area (Å²) >= 11 is 0. The largest absolute Gasteiger partial charge is 0.489 e. The van der Waals surface area contributed by atoms with Crippen LogP contribution < -0.4 is 4.74 Å². The van der Waals surface area contributed by atoms with E-state index in [0.29, 0.717) is 13.2 Å². The molecule has 0 bridgehead atoms. The smallest absolute Gasteiger partial charge is 0.254 e. The van der Waals surface area contributed by atoms with Crippen molar-refractivity contribution in [1.82, 2.24) is 9.80 Å². The summed E-state index contributed by atoms with van der Waals surface area (Å²) in [5.74, 6) is 0.925. The molecule has 0 aliphatic carbocycles. The van der Waals surface area contributed by atoms with E-state index in [9.17, 15) is 4.79 Å². The number of benzene rings is 3. The van der Waals surface area contributed by atoms with Gasteiger partial charge in [0.25, 0.3) is 5.91 Å². The van der Waals surface area contributed by atoms with Crippen molar-refractivity contribution in [2.45, 2.75) is 45.8 Å². The molecule has 1 amide bonds. The van der Waals surface area contributed by atoms with Crippen molar-refractivity contribution in [1.29, 1.82) is 0 Å². The van der Waals surface area contributed by atoms with Crippen LogP contribution in [0.25, 0.3) is 0 Å². The van der Waals surface area contributed by atoms with E-state index in [1.54, 1.807) is 0 Å². The summed E-state index contributed by atoms with van der Waals surface area (Å²) in [5.41, 5.74) is 4.30. The standard InChI is InChI=1S/C32H40N2O3/c1-2-3-8-27-11-15-30(16-12-27)32(35)34(20-7-19-33-21-23-36-24-22-33)25-28-13-17-31(18-14-28)37-26-29-9-5-4-6-10-29/h4-6,9-18H,2-3,7-8,19-26H2,1H3. The normalized spacial score (nSPS) is 13.9. The van der Waals surface area contributed by atoms with Crippen LogP contribution in [0.5, 0.6) is 5.75 Å². The maximum Gasteiger partial charge on any atom is 0.254 e. The molecule has 4 rings (SSSR count). The number of hydrogen-bond acceptors (Lipinski definition) is 4. The number of morpholine rings is 1. The highest BCUT2D eigenvalue weighted by Gasteiger charge is 2.18. The second kappa shape index (κ2) is 14.6. The molecule has 0 aromatic heterocycles. The molecule has 5 heteroatoms. The number of ether oxygens (including phenoxy) is 2. The Hall–Kier alpha value is -3.15. The molecule has 0 N–H and O–H groups in total. The average molecular weight is 501 g/mol. The van der Waals surface area contributed by atoms with E-state index in [0.717, 1.165) is 74.7 Å². The van der Waals surface area contributed by atoms with Crippen LogP contribution in [0.2, 0.25) is 0 Å². The molecule has 196 valence electrons. The van der Waals surface area contributed by atoms with Gasteiger partial charge in [-0.15, -0.1) is 0 Å². The molecule has 0 saturated carbocycles. The Morgan fingerprint density at radius 1 is 0.865 bits per heavy atom. The van der Waals surface area contributed by atoms with Gasteiger partial charge in [-0.2, -0.15) is 0 Å². The predicted octanol–water partition coefficient (Wildman–Crippen LogP) is 5.97. The van der Waals surface area contributed by atoms with Crippen LogP contribution in [0.15, 0.2) is 78.9 Å². The molecule has 3 aromatic carbocycles. The number of amides is 1. The van der Waals surface area contributed by atoms with Gasteiger partial charge < -0.3 is 14.4 Å². The van der Waals surface area contributed by atoms with Crippen LogP contribution in [-0.4, -0.2) is 55.1 Å². The number of rotatable bonds is 13. The van der Waals surface area contributed by atoms with Gasteiger partial charge in [-0.05, 0) is 60.2 Å². The van der Waals surface area contributed by atoms with Crippen LogP contribution in [-0.2, 0) is 24.3 Å². The monoisotopic (exact) mass is 500 g/mol. The molecule has 0 radical (unpaired) electrons. The van der Waals surface area contributed by atoms with Crippen LogP contribution in [0.4, 0.5) is 0 Å². The van der Waals surface area contributed by atoms with Crippen molar-refractivity contribution < 1.29 is 14.3 Å². The van der Waals surface area contributed by atoms with Gasteiger partial charge in [0, 0.05) is 38.3 Å². The zero-order valence-corrected chi connectivity index (χ0v) is 22.1. The van der Waals surface area contributed by atoms with Gasteiger partial charge >= 0.3 is 0 Å². The predicted molar refractivity (Wildman–Crippen MR) is 149 cm³/mol. The Labute approximate surface area is 222 Å². The first-order valence-electron chi connectivity index (χ1n) is 13.7. The molecule has 37 heavy (non-hydrogen) atoms. The van der Waals surface area contributed by atoms with E-state index in [4.69, 9.17) is 9.47 Å². The minimum absolute atomic E-state index is 0.0911. The molecular formula is C32H40N2O3. The van der Waals surface area contributed by atoms with E-state index in [1.165, 1.54) is 18.4 Å². The van der Waals surface area contributed by atoms with Crippen molar-refractivity contribution >= 4 is 5.91 Å². The zero-order chi connectivity index (χ0) is 25.7. The molecule has 1 fully saturated rings. The van der Waals surface area contributed by atoms with E-state index in [-0.39, 0.29) is 5.91 Å². The second-order valence-corrected chi connectivity index (χ2v) is 9.75. The number of carbonyl (C=O) groups excluding carboxylic acids is 1. The fourth-order valence-corrected chi connectivity index (χ4v) is 4.59. The number of carbonyl (C=O) groups is 1. The van der Waals surface area contributed by atoms with E-state index in [1.807, 2.05) is 47.4 Å². The summed E-state index contributed by atoms with van der Waals surface area (Å²) in [6.45, 7) is 8.57. The Bertz CT molecular complexity index is 1060. The molecule has 1 aliphatic heterocycles. The van der Waals surface area contributed by atoms with Crippen molar-refractivity contribution in [3.05, 3.63) is 101 Å². The summed E-state index contributed by atoms with van der Waals surface area (Å²) < 4.78 is 11.4. The van der Waals surface area contributed by atoms with E-state index >= 15 is 0 Å². The summed E-state index contributed by atoms with van der Waals surface area (Å²) in [4.78, 5) is 18.0. The average Bonchev–Trinajstić information content (AvgIpc) is 2.96. The van der Waals surface area contributed by atoms with Gasteiger partial charge in [-0.3, -0.25) is 9.69 Å². The summed E-state index contributed by atoms with van der Waals surface area (Å²) in [5, 5.41) is 0. The highest BCUT2D eigenvalue weighted by Crippen LogP contribution is 2.18. The quantitative estimate of drug-likeness (QED) is 0.290. The number of hydrogen-bond donors (Lipinski definition) is 0. The summed E-state index contributed by atoms with van der Waals surface area (Å²) in [6.07, 6.45) is 4.35. The lowest BCUT2D eigenvalue weighted by Gasteiger charge is -2.28. The van der Waals surface area contributed by atoms with Crippen molar-refractivity contribution in [3.8, 4) is 5.75 Å². The Morgan fingerprint density at radius 3 is 2.27 bits per heavy atom. The summed E-state index contributed by atoms with van der Waals surface area (Å²) in [7, 11) is 0. The van der Waals surface area contributed by atoms with Crippen LogP contribution in [0.1, 0.15) is 53.2 Å². The third-order valence-corrected chi connectivity index (χ3v) is 6.86. The molecule has 3 aromatic rings. The second-order valence-electron chi connectivity index (χ2n) is 9.75. The molecule has 1 aliphatic rings. The topological polar surface area (TPSA) is 42.0 Å². The molecule has 0 spiro atoms. The van der Waals surface area contributed by atoms with Crippen molar-refractivity contribution in [2.75, 3.05) is 39.4 Å². The number of nitrogens with zero attached hydrogens (tertiary/aromatic N) is 2. The van der Waals surface area contributed by atoms with Crippen molar-refractivity contribution in [3.63, 3.8) is 0 Å². The van der Waals surface area contributed by atoms with Gasteiger partial charge in [-0.25, -0.2) is 0 Å². The minimum atomic E-state index is 0.0911. The van der Waals surface area contributed by atoms with Crippen LogP contribution in [0, 0.1) is 0 Å². The maximum atomic E-state index is 13.6. The fraction of sp³-hybridized carbons (Fsp3) is 0.406.